The topological polar surface area (TPSA) is 46.4 Å². The van der Waals surface area contributed by atoms with Crippen LogP contribution in [0, 0.1) is 20.4 Å². The number of hydrogen-bond acceptors (Lipinski definition) is 5. The van der Waals surface area contributed by atoms with E-state index in [1.54, 1.807) is 0 Å². The van der Waals surface area contributed by atoms with Crippen LogP contribution in [0.1, 0.15) is 44.3 Å². The number of aryl methyl sites for hydroxylation is 1. The van der Waals surface area contributed by atoms with Gasteiger partial charge in [0.15, 0.2) is 5.69 Å². The van der Waals surface area contributed by atoms with Gasteiger partial charge in [0.25, 0.3) is 0 Å². The van der Waals surface area contributed by atoms with Crippen molar-refractivity contribution >= 4 is 24.1 Å². The molecule has 5 rings (SSSR count). The number of hydrogen-bond donors (Lipinski definition) is 0. The molecule has 0 N–H and O–H groups in total. The van der Waals surface area contributed by atoms with Crippen molar-refractivity contribution in [1.82, 2.24) is 9.80 Å². The number of cyclic esters (lactones) is 1. The van der Waals surface area contributed by atoms with Gasteiger partial charge in [0.2, 0.25) is 0 Å². The van der Waals surface area contributed by atoms with Crippen LogP contribution in [0.25, 0.3) is 4.85 Å². The average molecular weight is 468 g/mol. The molecule has 0 amide bonds. The summed E-state index contributed by atoms with van der Waals surface area (Å²) in [4.78, 5) is 20.4. The SMILES string of the molecule is Cl.[C-]#[N+]c1ccc([C@H]2CN3CCN(CCc4ccc5c(c4C)COC5=O)C[C@@H]3CO2)cc1C. The third-order valence-corrected chi connectivity index (χ3v) is 7.27. The summed E-state index contributed by atoms with van der Waals surface area (Å²) in [5.74, 6) is -0.195. The van der Waals surface area contributed by atoms with Crippen molar-refractivity contribution in [2.45, 2.75) is 39.0 Å². The van der Waals surface area contributed by atoms with Crippen molar-refractivity contribution in [3.8, 4) is 0 Å². The van der Waals surface area contributed by atoms with E-state index in [4.69, 9.17) is 16.0 Å². The maximum Gasteiger partial charge on any atom is 0.338 e. The first-order chi connectivity index (χ1) is 15.5. The second-order valence-corrected chi connectivity index (χ2v) is 9.13. The second kappa shape index (κ2) is 9.82. The summed E-state index contributed by atoms with van der Waals surface area (Å²) < 4.78 is 11.5. The van der Waals surface area contributed by atoms with Crippen LogP contribution in [0.3, 0.4) is 0 Å². The zero-order chi connectivity index (χ0) is 22.2. The van der Waals surface area contributed by atoms with Gasteiger partial charge in [-0.2, -0.15) is 0 Å². The van der Waals surface area contributed by atoms with E-state index in [0.29, 0.717) is 18.3 Å². The average Bonchev–Trinajstić information content (AvgIpc) is 3.19. The lowest BCUT2D eigenvalue weighted by Crippen LogP contribution is -2.58. The Kier molecular flexibility index (Phi) is 7.06. The quantitative estimate of drug-likeness (QED) is 0.497. The normalized spacial score (nSPS) is 22.6. The summed E-state index contributed by atoms with van der Waals surface area (Å²) in [7, 11) is 0. The molecule has 0 aromatic heterocycles. The molecule has 2 aromatic carbocycles. The Hall–Kier alpha value is -2.43. The smallest absolute Gasteiger partial charge is 0.338 e. The minimum Gasteiger partial charge on any atom is -0.457 e. The van der Waals surface area contributed by atoms with Crippen molar-refractivity contribution in [1.29, 1.82) is 0 Å². The van der Waals surface area contributed by atoms with E-state index in [0.717, 1.165) is 62.4 Å². The van der Waals surface area contributed by atoms with Crippen molar-refractivity contribution in [2.24, 2.45) is 0 Å². The fourth-order valence-corrected chi connectivity index (χ4v) is 5.21. The summed E-state index contributed by atoms with van der Waals surface area (Å²) in [6.45, 7) is 17.5. The monoisotopic (exact) mass is 467 g/mol. The number of carbonyl (C=O) groups is 1. The zero-order valence-corrected chi connectivity index (χ0v) is 20.0. The number of morpholine rings is 1. The fourth-order valence-electron chi connectivity index (χ4n) is 5.21. The molecule has 174 valence electrons. The third kappa shape index (κ3) is 4.64. The van der Waals surface area contributed by atoms with Gasteiger partial charge in [-0.1, -0.05) is 24.3 Å². The van der Waals surface area contributed by atoms with Crippen LogP contribution in [0.5, 0.6) is 0 Å². The lowest BCUT2D eigenvalue weighted by Gasteiger charge is -2.46. The van der Waals surface area contributed by atoms with Gasteiger partial charge < -0.3 is 14.4 Å². The van der Waals surface area contributed by atoms with E-state index in [-0.39, 0.29) is 24.5 Å². The Bertz CT molecular complexity index is 1100. The van der Waals surface area contributed by atoms with Gasteiger partial charge in [0.1, 0.15) is 6.61 Å². The molecule has 2 fully saturated rings. The van der Waals surface area contributed by atoms with Crippen molar-refractivity contribution in [3.05, 3.63) is 75.1 Å². The van der Waals surface area contributed by atoms with E-state index >= 15 is 0 Å². The molecule has 0 bridgehead atoms. The number of halogens is 1. The van der Waals surface area contributed by atoms with E-state index in [1.807, 2.05) is 25.1 Å². The molecule has 2 aromatic rings. The Labute approximate surface area is 201 Å². The van der Waals surface area contributed by atoms with Crippen LogP contribution in [0.2, 0.25) is 0 Å². The third-order valence-electron chi connectivity index (χ3n) is 7.27. The number of piperazine rings is 1. The molecular weight excluding hydrogens is 438 g/mol. The van der Waals surface area contributed by atoms with Gasteiger partial charge in [-0.15, -0.1) is 12.4 Å². The van der Waals surface area contributed by atoms with Gasteiger partial charge in [0.05, 0.1) is 24.8 Å². The van der Waals surface area contributed by atoms with Gasteiger partial charge in [-0.3, -0.25) is 4.90 Å². The molecule has 0 radical (unpaired) electrons. The molecule has 0 aliphatic carbocycles. The minimum absolute atomic E-state index is 0. The predicted molar refractivity (Wildman–Crippen MR) is 129 cm³/mol. The number of rotatable bonds is 4. The Morgan fingerprint density at radius 1 is 1.15 bits per heavy atom. The molecular formula is C26H30ClN3O3. The second-order valence-electron chi connectivity index (χ2n) is 9.13. The number of ether oxygens (including phenoxy) is 2. The van der Waals surface area contributed by atoms with Crippen molar-refractivity contribution in [2.75, 3.05) is 39.3 Å². The number of esters is 1. The summed E-state index contributed by atoms with van der Waals surface area (Å²) in [6.07, 6.45) is 1.06. The van der Waals surface area contributed by atoms with Gasteiger partial charge in [0, 0.05) is 44.3 Å². The van der Waals surface area contributed by atoms with E-state index in [2.05, 4.69) is 33.7 Å². The summed E-state index contributed by atoms with van der Waals surface area (Å²) in [5.41, 5.74) is 7.21. The molecule has 0 saturated carbocycles. The van der Waals surface area contributed by atoms with Gasteiger partial charge in [-0.05, 0) is 48.6 Å². The molecule has 3 aliphatic rings. The Morgan fingerprint density at radius 3 is 2.79 bits per heavy atom. The summed E-state index contributed by atoms with van der Waals surface area (Å²) in [5, 5.41) is 0. The zero-order valence-electron chi connectivity index (χ0n) is 19.2. The first-order valence-electron chi connectivity index (χ1n) is 11.4. The Morgan fingerprint density at radius 2 is 2.00 bits per heavy atom. The summed E-state index contributed by atoms with van der Waals surface area (Å²) >= 11 is 0. The Balaban J connectivity index is 0.00000259. The number of benzene rings is 2. The van der Waals surface area contributed by atoms with Gasteiger partial charge >= 0.3 is 5.97 Å². The molecule has 3 aliphatic heterocycles. The fraction of sp³-hybridized carbons (Fsp3) is 0.462. The highest BCUT2D eigenvalue weighted by Gasteiger charge is 2.34. The number of carbonyl (C=O) groups excluding carboxylic acids is 1. The maximum absolute atomic E-state index is 11.8. The van der Waals surface area contributed by atoms with E-state index in [1.165, 1.54) is 16.7 Å². The number of nitrogens with zero attached hydrogens (tertiary/aromatic N) is 3. The van der Waals surface area contributed by atoms with Crippen LogP contribution < -0.4 is 0 Å². The molecule has 2 atom stereocenters. The van der Waals surface area contributed by atoms with Crippen LogP contribution >= 0.6 is 12.4 Å². The molecule has 7 heteroatoms. The van der Waals surface area contributed by atoms with Gasteiger partial charge in [-0.25, -0.2) is 9.64 Å². The van der Waals surface area contributed by atoms with E-state index in [9.17, 15) is 4.79 Å². The van der Waals surface area contributed by atoms with Crippen molar-refractivity contribution in [3.63, 3.8) is 0 Å². The van der Waals surface area contributed by atoms with Crippen LogP contribution in [0.4, 0.5) is 5.69 Å². The molecule has 0 spiro atoms. The van der Waals surface area contributed by atoms with Crippen LogP contribution in [-0.2, 0) is 22.5 Å². The predicted octanol–water partition coefficient (Wildman–Crippen LogP) is 4.25. The summed E-state index contributed by atoms with van der Waals surface area (Å²) in [6, 6.07) is 10.5. The first-order valence-corrected chi connectivity index (χ1v) is 11.4. The maximum atomic E-state index is 11.8. The van der Waals surface area contributed by atoms with Crippen LogP contribution in [0.15, 0.2) is 30.3 Å². The standard InChI is InChI=1S/C26H29N3O3.ClH/c1-17-12-20(5-7-24(17)27-3)25-14-29-11-10-28(13-21(29)15-31-25)9-8-19-4-6-22-23(18(19)2)16-32-26(22)30;/h4-7,12,21,25H,8-11,13-16H2,1-2H3;1H/t21-,25-;/m1./s1. The molecule has 33 heavy (non-hydrogen) atoms. The lowest BCUT2D eigenvalue weighted by atomic mass is 9.96. The van der Waals surface area contributed by atoms with E-state index < -0.39 is 0 Å². The largest absolute Gasteiger partial charge is 0.457 e. The highest BCUT2D eigenvalue weighted by Crippen LogP contribution is 2.30. The molecule has 0 unspecified atom stereocenters. The molecule has 3 heterocycles. The minimum atomic E-state index is -0.195. The first kappa shape index (κ1) is 23.7. The molecule has 6 nitrogen and oxygen atoms in total. The highest BCUT2D eigenvalue weighted by atomic mass is 35.5. The van der Waals surface area contributed by atoms with Crippen molar-refractivity contribution < 1.29 is 14.3 Å². The highest BCUT2D eigenvalue weighted by molar-refractivity contribution is 5.93. The number of fused-ring (bicyclic) bond motifs is 2. The molecule has 2 saturated heterocycles. The lowest BCUT2D eigenvalue weighted by molar-refractivity contribution is -0.0901. The van der Waals surface area contributed by atoms with Crippen LogP contribution in [-0.4, -0.2) is 61.1 Å².